The Morgan fingerprint density at radius 1 is 0.978 bits per heavy atom. The van der Waals surface area contributed by atoms with E-state index >= 15 is 0 Å². The number of fused-ring (bicyclic) bond motifs is 2. The number of rotatable bonds is 6. The summed E-state index contributed by atoms with van der Waals surface area (Å²) in [6.07, 6.45) is -4.64. The fraction of sp³-hybridized carbons (Fsp3) is 0.172. The van der Waals surface area contributed by atoms with Gasteiger partial charge in [-0.2, -0.15) is 13.2 Å². The van der Waals surface area contributed by atoms with Crippen LogP contribution in [0.3, 0.4) is 0 Å². The molecule has 3 amide bonds. The SMILES string of the molecule is O=C(Cn1c2c(sc1=O)[C@@H](c1ccc(F)cc1)C1C(=O)N(c3ccc([N+](=O)[O-])cc3)C(=O)C1S2)Nc1cccc(C(F)(F)F)c1. The molecule has 0 spiro atoms. The smallest absolute Gasteiger partial charge is 0.325 e. The standard InChI is InChI=1S/C29H18F4N4O6S2/c30-16-6-4-14(5-7-16)21-22-23(26(40)36(25(22)39)18-8-10-19(11-9-18)37(42)43)44-27-24(21)45-28(41)35(27)13-20(38)34-17-3-1-2-15(12-17)29(31,32)33/h1-12,21-23H,13H2,(H,34,38)/t21-,22?,23?/m0/s1. The number of nitrogens with one attached hydrogen (secondary N) is 1. The number of thiazole rings is 1. The molecule has 0 bridgehead atoms. The molecule has 10 nitrogen and oxygen atoms in total. The van der Waals surface area contributed by atoms with Gasteiger partial charge in [0.2, 0.25) is 17.7 Å². The third-order valence-electron chi connectivity index (χ3n) is 7.37. The van der Waals surface area contributed by atoms with Gasteiger partial charge in [-0.25, -0.2) is 9.29 Å². The quantitative estimate of drug-likeness (QED) is 0.127. The number of anilines is 2. The van der Waals surface area contributed by atoms with E-state index in [1.54, 1.807) is 0 Å². The number of nitro groups is 1. The monoisotopic (exact) mass is 658 g/mol. The number of carbonyl (C=O) groups is 3. The van der Waals surface area contributed by atoms with Crippen molar-refractivity contribution in [3.63, 3.8) is 0 Å². The molecule has 2 unspecified atom stereocenters. The minimum Gasteiger partial charge on any atom is -0.325 e. The Morgan fingerprint density at radius 2 is 1.67 bits per heavy atom. The zero-order valence-corrected chi connectivity index (χ0v) is 24.1. The van der Waals surface area contributed by atoms with Crippen molar-refractivity contribution in [2.24, 2.45) is 5.92 Å². The van der Waals surface area contributed by atoms with Crippen molar-refractivity contribution in [1.29, 1.82) is 0 Å². The summed E-state index contributed by atoms with van der Waals surface area (Å²) in [7, 11) is 0. The fourth-order valence-electron chi connectivity index (χ4n) is 5.38. The van der Waals surface area contributed by atoms with Crippen molar-refractivity contribution >= 4 is 57.9 Å². The number of halogens is 4. The predicted octanol–water partition coefficient (Wildman–Crippen LogP) is 5.41. The highest BCUT2D eigenvalue weighted by atomic mass is 32.2. The molecule has 3 heterocycles. The summed E-state index contributed by atoms with van der Waals surface area (Å²) in [6.45, 7) is -0.602. The van der Waals surface area contributed by atoms with Gasteiger partial charge in [0.15, 0.2) is 0 Å². The van der Waals surface area contributed by atoms with E-state index < -0.39 is 68.7 Å². The normalized spacial score (nSPS) is 19.3. The minimum absolute atomic E-state index is 0.102. The van der Waals surface area contributed by atoms with Gasteiger partial charge >= 0.3 is 11.0 Å². The number of nitro benzene ring substituents is 1. The highest BCUT2D eigenvalue weighted by molar-refractivity contribution is 8.00. The van der Waals surface area contributed by atoms with Crippen LogP contribution in [0.15, 0.2) is 82.6 Å². The van der Waals surface area contributed by atoms with E-state index in [2.05, 4.69) is 5.32 Å². The van der Waals surface area contributed by atoms with E-state index in [0.29, 0.717) is 10.4 Å². The second-order valence-electron chi connectivity index (χ2n) is 10.1. The molecule has 1 N–H and O–H groups in total. The molecule has 6 rings (SSSR count). The van der Waals surface area contributed by atoms with Gasteiger partial charge in [0.25, 0.3) is 5.69 Å². The Bertz CT molecular complexity index is 1920. The number of nitrogens with zero attached hydrogens (tertiary/aromatic N) is 3. The Kier molecular flexibility index (Phi) is 7.56. The molecule has 3 atom stereocenters. The van der Waals surface area contributed by atoms with Crippen molar-refractivity contribution in [3.8, 4) is 0 Å². The molecule has 230 valence electrons. The molecule has 0 radical (unpaired) electrons. The molecule has 45 heavy (non-hydrogen) atoms. The van der Waals surface area contributed by atoms with Gasteiger partial charge in [-0.1, -0.05) is 41.3 Å². The van der Waals surface area contributed by atoms with Crippen LogP contribution < -0.4 is 15.1 Å². The average Bonchev–Trinajstić information content (AvgIpc) is 3.43. The topological polar surface area (TPSA) is 132 Å². The van der Waals surface area contributed by atoms with Crippen LogP contribution in [0.1, 0.15) is 21.9 Å². The number of imide groups is 1. The van der Waals surface area contributed by atoms with Crippen LogP contribution in [-0.2, 0) is 27.1 Å². The summed E-state index contributed by atoms with van der Waals surface area (Å²) in [5, 5.41) is 12.6. The molecule has 0 saturated carbocycles. The van der Waals surface area contributed by atoms with Gasteiger partial charge < -0.3 is 5.32 Å². The van der Waals surface area contributed by atoms with E-state index in [4.69, 9.17) is 0 Å². The van der Waals surface area contributed by atoms with Gasteiger partial charge in [-0.3, -0.25) is 33.9 Å². The number of non-ortho nitro benzene ring substituents is 1. The van der Waals surface area contributed by atoms with Crippen molar-refractivity contribution in [2.75, 3.05) is 10.2 Å². The fourth-order valence-corrected chi connectivity index (χ4v) is 8.15. The minimum atomic E-state index is -4.64. The highest BCUT2D eigenvalue weighted by Crippen LogP contribution is 2.54. The van der Waals surface area contributed by atoms with Crippen LogP contribution in [0.5, 0.6) is 0 Å². The summed E-state index contributed by atoms with van der Waals surface area (Å²) in [5.74, 6) is -4.57. The number of hydrogen-bond donors (Lipinski definition) is 1. The average molecular weight is 659 g/mol. The van der Waals surface area contributed by atoms with E-state index in [9.17, 15) is 46.9 Å². The first kappa shape index (κ1) is 30.2. The van der Waals surface area contributed by atoms with Crippen LogP contribution in [0.4, 0.5) is 34.6 Å². The Morgan fingerprint density at radius 3 is 2.31 bits per heavy atom. The first-order chi connectivity index (χ1) is 21.3. The molecule has 0 aliphatic carbocycles. The summed E-state index contributed by atoms with van der Waals surface area (Å²) in [4.78, 5) is 64.9. The lowest BCUT2D eigenvalue weighted by Gasteiger charge is -2.30. The van der Waals surface area contributed by atoms with Crippen LogP contribution >= 0.6 is 23.1 Å². The lowest BCUT2D eigenvalue weighted by molar-refractivity contribution is -0.384. The zero-order chi connectivity index (χ0) is 32.2. The first-order valence-corrected chi connectivity index (χ1v) is 14.8. The summed E-state index contributed by atoms with van der Waals surface area (Å²) in [6, 6.07) is 14.0. The molecule has 2 aliphatic rings. The third kappa shape index (κ3) is 5.50. The first-order valence-electron chi connectivity index (χ1n) is 13.1. The maximum Gasteiger partial charge on any atom is 0.416 e. The van der Waals surface area contributed by atoms with Crippen LogP contribution in [-0.4, -0.2) is 32.5 Å². The maximum absolute atomic E-state index is 13.9. The summed E-state index contributed by atoms with van der Waals surface area (Å²) < 4.78 is 54.4. The largest absolute Gasteiger partial charge is 0.416 e. The summed E-state index contributed by atoms with van der Waals surface area (Å²) >= 11 is 1.64. The van der Waals surface area contributed by atoms with Crippen molar-refractivity contribution in [1.82, 2.24) is 4.57 Å². The van der Waals surface area contributed by atoms with E-state index in [1.165, 1.54) is 42.5 Å². The molecule has 1 aromatic heterocycles. The number of alkyl halides is 3. The van der Waals surface area contributed by atoms with Crippen LogP contribution in [0, 0.1) is 21.8 Å². The predicted molar refractivity (Wildman–Crippen MR) is 156 cm³/mol. The van der Waals surface area contributed by atoms with Crippen LogP contribution in [0.25, 0.3) is 0 Å². The van der Waals surface area contributed by atoms with Gasteiger partial charge in [-0.15, -0.1) is 0 Å². The molecular formula is C29H18F4N4O6S2. The van der Waals surface area contributed by atoms with Gasteiger partial charge in [0.1, 0.15) is 17.6 Å². The van der Waals surface area contributed by atoms with E-state index in [-0.39, 0.29) is 22.1 Å². The second-order valence-corrected chi connectivity index (χ2v) is 12.3. The number of carbonyl (C=O) groups excluding carboxylic acids is 3. The number of thioether (sulfide) groups is 1. The van der Waals surface area contributed by atoms with Crippen LogP contribution in [0.2, 0.25) is 0 Å². The molecule has 16 heteroatoms. The van der Waals surface area contributed by atoms with Crippen molar-refractivity contribution in [2.45, 2.75) is 28.9 Å². The molecule has 1 fully saturated rings. The highest BCUT2D eigenvalue weighted by Gasteiger charge is 2.56. The van der Waals surface area contributed by atoms with Gasteiger partial charge in [0, 0.05) is 28.6 Å². The Labute approximate surface area is 258 Å². The van der Waals surface area contributed by atoms with E-state index in [1.807, 2.05) is 0 Å². The number of aromatic nitrogens is 1. The molecule has 3 aromatic carbocycles. The van der Waals surface area contributed by atoms with Crippen molar-refractivity contribution < 1.29 is 36.9 Å². The van der Waals surface area contributed by atoms with Gasteiger partial charge in [-0.05, 0) is 48.0 Å². The van der Waals surface area contributed by atoms with Gasteiger partial charge in [0.05, 0.1) is 27.1 Å². The Hall–Kier alpha value is -4.83. The molecular weight excluding hydrogens is 640 g/mol. The Balaban J connectivity index is 1.37. The molecule has 1 saturated heterocycles. The maximum atomic E-state index is 13.9. The molecule has 2 aliphatic heterocycles. The lowest BCUT2D eigenvalue weighted by Crippen LogP contribution is -2.33. The zero-order valence-electron chi connectivity index (χ0n) is 22.5. The number of hydrogen-bond acceptors (Lipinski definition) is 8. The van der Waals surface area contributed by atoms with Crippen molar-refractivity contribution in [3.05, 3.63) is 114 Å². The molecule has 4 aromatic rings. The summed E-state index contributed by atoms with van der Waals surface area (Å²) in [5.41, 5.74) is -0.829. The second kappa shape index (κ2) is 11.3. The number of benzene rings is 3. The lowest BCUT2D eigenvalue weighted by atomic mass is 9.83. The third-order valence-corrected chi connectivity index (χ3v) is 9.98. The van der Waals surface area contributed by atoms with E-state index in [0.717, 1.165) is 62.9 Å². The number of amides is 3.